The quantitative estimate of drug-likeness (QED) is 0.230. The van der Waals surface area contributed by atoms with Crippen molar-refractivity contribution in [2.75, 3.05) is 13.2 Å². The lowest BCUT2D eigenvalue weighted by Crippen LogP contribution is -2.28. The van der Waals surface area contributed by atoms with E-state index >= 15 is 0 Å². The third-order valence-corrected chi connectivity index (χ3v) is 7.41. The van der Waals surface area contributed by atoms with Gasteiger partial charge in [-0.15, -0.1) is 0 Å². The molecule has 0 radical (unpaired) electrons. The van der Waals surface area contributed by atoms with Crippen LogP contribution in [0.4, 0.5) is 0 Å². The van der Waals surface area contributed by atoms with Gasteiger partial charge in [-0.25, -0.2) is 4.79 Å². The van der Waals surface area contributed by atoms with Gasteiger partial charge in [0.15, 0.2) is 5.96 Å². The molecule has 2 fully saturated rings. The van der Waals surface area contributed by atoms with Crippen molar-refractivity contribution in [2.24, 2.45) is 34.2 Å². The summed E-state index contributed by atoms with van der Waals surface area (Å²) in [6.07, 6.45) is 9.47. The van der Waals surface area contributed by atoms with Gasteiger partial charge in [-0.2, -0.15) is 0 Å². The number of esters is 2. The van der Waals surface area contributed by atoms with E-state index in [1.807, 2.05) is 36.4 Å². The van der Waals surface area contributed by atoms with Crippen LogP contribution in [0.25, 0.3) is 11.1 Å². The zero-order valence-corrected chi connectivity index (χ0v) is 20.9. The van der Waals surface area contributed by atoms with Gasteiger partial charge in [0.1, 0.15) is 5.75 Å². The lowest BCUT2D eigenvalue weighted by atomic mass is 9.82. The van der Waals surface area contributed by atoms with Crippen LogP contribution in [0.15, 0.2) is 53.5 Å². The summed E-state index contributed by atoms with van der Waals surface area (Å²) in [6, 6.07) is 14.9. The first-order chi connectivity index (χ1) is 17.5. The lowest BCUT2D eigenvalue weighted by molar-refractivity contribution is -0.140. The van der Waals surface area contributed by atoms with Crippen molar-refractivity contribution in [3.8, 4) is 16.9 Å². The minimum Gasteiger partial charge on any atom is -0.462 e. The minimum absolute atomic E-state index is 0.0921. The average Bonchev–Trinajstić information content (AvgIpc) is 2.92. The monoisotopic (exact) mass is 491 g/mol. The lowest BCUT2D eigenvalue weighted by Gasteiger charge is -2.26. The highest BCUT2D eigenvalue weighted by Gasteiger charge is 2.27. The van der Waals surface area contributed by atoms with Crippen LogP contribution in [0, 0.1) is 17.8 Å². The number of hydrogen-bond acceptors (Lipinski definition) is 5. The smallest absolute Gasteiger partial charge is 0.338 e. The summed E-state index contributed by atoms with van der Waals surface area (Å²) in [5.74, 6) is 1.03. The number of carbonyl (C=O) groups is 2. The van der Waals surface area contributed by atoms with Crippen molar-refractivity contribution in [3.63, 3.8) is 0 Å². The van der Waals surface area contributed by atoms with Gasteiger partial charge in [0.2, 0.25) is 0 Å². The molecule has 2 aliphatic carbocycles. The molecule has 2 aromatic carbocycles. The molecule has 0 aliphatic heterocycles. The fourth-order valence-electron chi connectivity index (χ4n) is 5.16. The SMILES string of the molecule is NC(N)=NCC1CCC(C(=O)Oc2ccc(-c3ccc(C(=O)OCC4CCCCC4)cc3)cc2)CC1. The minimum atomic E-state index is -0.264. The Kier molecular flexibility index (Phi) is 8.98. The molecule has 7 heteroatoms. The fourth-order valence-corrected chi connectivity index (χ4v) is 5.16. The van der Waals surface area contributed by atoms with Crippen LogP contribution in [-0.2, 0) is 9.53 Å². The molecule has 2 aromatic rings. The molecular formula is C29H37N3O4. The fraction of sp³-hybridized carbons (Fsp3) is 0.483. The van der Waals surface area contributed by atoms with Crippen LogP contribution in [0.3, 0.4) is 0 Å². The van der Waals surface area contributed by atoms with Gasteiger partial charge >= 0.3 is 11.9 Å². The second-order valence-electron chi connectivity index (χ2n) is 10.1. The van der Waals surface area contributed by atoms with E-state index in [9.17, 15) is 9.59 Å². The van der Waals surface area contributed by atoms with Gasteiger partial charge in [-0.3, -0.25) is 9.79 Å². The Bertz CT molecular complexity index is 1030. The Balaban J connectivity index is 1.25. The molecule has 7 nitrogen and oxygen atoms in total. The highest BCUT2D eigenvalue weighted by atomic mass is 16.5. The molecule has 0 atom stereocenters. The molecule has 2 saturated carbocycles. The standard InChI is InChI=1S/C29H37N3O4/c30-29(31)32-18-20-6-8-25(9-7-20)28(34)36-26-16-14-23(15-17-26)22-10-12-24(13-11-22)27(33)35-19-21-4-2-1-3-5-21/h10-17,20-21,25H,1-9,18-19H2,(H4,30,31,32). The van der Waals surface area contributed by atoms with E-state index in [2.05, 4.69) is 4.99 Å². The Labute approximate surface area is 213 Å². The van der Waals surface area contributed by atoms with Crippen molar-refractivity contribution in [1.82, 2.24) is 0 Å². The number of aliphatic imine (C=N–C) groups is 1. The van der Waals surface area contributed by atoms with Crippen molar-refractivity contribution in [2.45, 2.75) is 57.8 Å². The predicted molar refractivity (Wildman–Crippen MR) is 140 cm³/mol. The second-order valence-corrected chi connectivity index (χ2v) is 10.1. The van der Waals surface area contributed by atoms with Crippen LogP contribution in [0.1, 0.15) is 68.1 Å². The number of nitrogens with zero attached hydrogens (tertiary/aromatic N) is 1. The van der Waals surface area contributed by atoms with Gasteiger partial charge in [0.25, 0.3) is 0 Å². The topological polar surface area (TPSA) is 117 Å². The first-order valence-corrected chi connectivity index (χ1v) is 13.1. The average molecular weight is 492 g/mol. The zero-order chi connectivity index (χ0) is 25.3. The molecule has 4 rings (SSSR count). The number of benzene rings is 2. The maximum atomic E-state index is 12.6. The predicted octanol–water partition coefficient (Wildman–Crippen LogP) is 5.08. The number of rotatable bonds is 8. The van der Waals surface area contributed by atoms with Crippen molar-refractivity contribution in [1.29, 1.82) is 0 Å². The summed E-state index contributed by atoms with van der Waals surface area (Å²) in [4.78, 5) is 29.1. The van der Waals surface area contributed by atoms with E-state index in [-0.39, 0.29) is 23.8 Å². The van der Waals surface area contributed by atoms with E-state index in [0.717, 1.165) is 49.7 Å². The highest BCUT2D eigenvalue weighted by Crippen LogP contribution is 2.31. The van der Waals surface area contributed by atoms with E-state index in [4.69, 9.17) is 20.9 Å². The summed E-state index contributed by atoms with van der Waals surface area (Å²) < 4.78 is 11.2. The number of carbonyl (C=O) groups excluding carboxylic acids is 2. The molecular weight excluding hydrogens is 454 g/mol. The van der Waals surface area contributed by atoms with Crippen molar-refractivity contribution >= 4 is 17.9 Å². The molecule has 2 aliphatic rings. The summed E-state index contributed by atoms with van der Waals surface area (Å²) in [5.41, 5.74) is 13.3. The van der Waals surface area contributed by atoms with Crippen LogP contribution in [0.5, 0.6) is 5.75 Å². The van der Waals surface area contributed by atoms with Crippen molar-refractivity contribution < 1.29 is 19.1 Å². The number of guanidine groups is 1. The van der Waals surface area contributed by atoms with Crippen LogP contribution >= 0.6 is 0 Å². The molecule has 0 aromatic heterocycles. The highest BCUT2D eigenvalue weighted by molar-refractivity contribution is 5.90. The Hall–Kier alpha value is -3.35. The Morgan fingerprint density at radius 2 is 1.39 bits per heavy atom. The second kappa shape index (κ2) is 12.6. The van der Waals surface area contributed by atoms with E-state index in [0.29, 0.717) is 36.3 Å². The van der Waals surface area contributed by atoms with Crippen molar-refractivity contribution in [3.05, 3.63) is 54.1 Å². The molecule has 36 heavy (non-hydrogen) atoms. The normalized spacial score (nSPS) is 20.3. The largest absolute Gasteiger partial charge is 0.462 e. The molecule has 0 amide bonds. The molecule has 4 N–H and O–H groups in total. The van der Waals surface area contributed by atoms with E-state index in [1.54, 1.807) is 12.1 Å². The van der Waals surface area contributed by atoms with Gasteiger partial charge < -0.3 is 20.9 Å². The van der Waals surface area contributed by atoms with Gasteiger partial charge in [0, 0.05) is 6.54 Å². The first kappa shape index (κ1) is 25.7. The number of nitrogens with two attached hydrogens (primary N) is 2. The van der Waals surface area contributed by atoms with E-state index < -0.39 is 0 Å². The molecule has 0 unspecified atom stereocenters. The number of ether oxygens (including phenoxy) is 2. The summed E-state index contributed by atoms with van der Waals surface area (Å²) in [6.45, 7) is 1.13. The van der Waals surface area contributed by atoms with Crippen LogP contribution < -0.4 is 16.2 Å². The number of hydrogen-bond donors (Lipinski definition) is 2. The van der Waals surface area contributed by atoms with Gasteiger partial charge in [-0.05, 0) is 85.8 Å². The first-order valence-electron chi connectivity index (χ1n) is 13.1. The Morgan fingerprint density at radius 3 is 2.00 bits per heavy atom. The maximum Gasteiger partial charge on any atom is 0.338 e. The van der Waals surface area contributed by atoms with E-state index in [1.165, 1.54) is 19.3 Å². The van der Waals surface area contributed by atoms with Crippen LogP contribution in [-0.4, -0.2) is 31.0 Å². The molecule has 0 bridgehead atoms. The van der Waals surface area contributed by atoms with Crippen LogP contribution in [0.2, 0.25) is 0 Å². The molecule has 0 saturated heterocycles. The third-order valence-electron chi connectivity index (χ3n) is 7.41. The maximum absolute atomic E-state index is 12.6. The third kappa shape index (κ3) is 7.33. The summed E-state index contributed by atoms with van der Waals surface area (Å²) in [7, 11) is 0. The van der Waals surface area contributed by atoms with Gasteiger partial charge in [0.05, 0.1) is 18.1 Å². The summed E-state index contributed by atoms with van der Waals surface area (Å²) in [5, 5.41) is 0. The molecule has 0 heterocycles. The summed E-state index contributed by atoms with van der Waals surface area (Å²) >= 11 is 0. The molecule has 192 valence electrons. The molecule has 0 spiro atoms. The zero-order valence-electron chi connectivity index (χ0n) is 20.9. The Morgan fingerprint density at radius 1 is 0.778 bits per heavy atom. The van der Waals surface area contributed by atoms with Gasteiger partial charge in [-0.1, -0.05) is 43.5 Å².